The molecule has 1 aromatic heterocycles. The summed E-state index contributed by atoms with van der Waals surface area (Å²) in [6, 6.07) is 0.923. The molecule has 0 saturated carbocycles. The largest absolute Gasteiger partial charge is 0.475 e. The average Bonchev–Trinajstić information content (AvgIpc) is 3.05. The van der Waals surface area contributed by atoms with Crippen LogP contribution in [0.4, 0.5) is 0 Å². The van der Waals surface area contributed by atoms with Crippen LogP contribution in [0.2, 0.25) is 0 Å². The molecule has 2 fully saturated rings. The molecular formula is C12H13N3O5. The van der Waals surface area contributed by atoms with E-state index in [9.17, 15) is 14.4 Å². The number of hydrogen-bond donors (Lipinski definition) is 2. The maximum absolute atomic E-state index is 12.4. The van der Waals surface area contributed by atoms with Crippen molar-refractivity contribution < 1.29 is 24.0 Å². The number of amides is 2. The third-order valence-corrected chi connectivity index (χ3v) is 3.80. The number of hydrogen-bond acceptors (Lipinski definition) is 5. The van der Waals surface area contributed by atoms with Crippen LogP contribution in [0, 0.1) is 5.92 Å². The van der Waals surface area contributed by atoms with Crippen molar-refractivity contribution in [3.05, 3.63) is 17.5 Å². The van der Waals surface area contributed by atoms with Crippen LogP contribution in [0.1, 0.15) is 33.9 Å². The molecule has 2 amide bonds. The molecule has 1 aromatic rings. The number of piperidine rings is 1. The Balaban J connectivity index is 1.82. The highest BCUT2D eigenvalue weighted by atomic mass is 16.5. The Morgan fingerprint density at radius 1 is 1.50 bits per heavy atom. The van der Waals surface area contributed by atoms with E-state index in [4.69, 9.17) is 5.11 Å². The molecule has 2 aliphatic rings. The first kappa shape index (κ1) is 12.6. The first-order chi connectivity index (χ1) is 9.58. The van der Waals surface area contributed by atoms with Crippen molar-refractivity contribution in [3.8, 4) is 0 Å². The van der Waals surface area contributed by atoms with E-state index in [1.54, 1.807) is 4.90 Å². The molecule has 2 N–H and O–H groups in total. The van der Waals surface area contributed by atoms with E-state index < -0.39 is 11.9 Å². The Bertz CT molecular complexity index is 581. The van der Waals surface area contributed by atoms with Gasteiger partial charge < -0.3 is 19.8 Å². The molecule has 2 saturated heterocycles. The van der Waals surface area contributed by atoms with Crippen LogP contribution < -0.4 is 5.32 Å². The minimum atomic E-state index is -1.27. The normalized spacial score (nSPS) is 25.2. The van der Waals surface area contributed by atoms with E-state index in [2.05, 4.69) is 15.0 Å². The monoisotopic (exact) mass is 279 g/mol. The average molecular weight is 279 g/mol. The molecule has 2 unspecified atom stereocenters. The van der Waals surface area contributed by atoms with Crippen LogP contribution in [0.5, 0.6) is 0 Å². The van der Waals surface area contributed by atoms with E-state index in [0.29, 0.717) is 13.1 Å². The summed E-state index contributed by atoms with van der Waals surface area (Å²) in [5, 5.41) is 15.0. The molecule has 0 aromatic carbocycles. The van der Waals surface area contributed by atoms with E-state index in [0.717, 1.165) is 18.9 Å². The van der Waals surface area contributed by atoms with Crippen LogP contribution in [-0.2, 0) is 4.79 Å². The number of carboxylic acid groups (broad SMARTS) is 1. The molecule has 0 radical (unpaired) electrons. The van der Waals surface area contributed by atoms with E-state index in [1.807, 2.05) is 0 Å². The van der Waals surface area contributed by atoms with E-state index >= 15 is 0 Å². The predicted molar refractivity (Wildman–Crippen MR) is 64.0 cm³/mol. The predicted octanol–water partition coefficient (Wildman–Crippen LogP) is -0.277. The lowest BCUT2D eigenvalue weighted by atomic mass is 9.91. The Morgan fingerprint density at radius 3 is 3.00 bits per heavy atom. The molecule has 106 valence electrons. The quantitative estimate of drug-likeness (QED) is 0.770. The number of carbonyl (C=O) groups excluding carboxylic acids is 2. The SMILES string of the molecule is O=C(O)c1cc(C(=O)N2CCCC3C(=O)NCC32)no1. The van der Waals surface area contributed by atoms with Gasteiger partial charge in [-0.25, -0.2) is 4.79 Å². The lowest BCUT2D eigenvalue weighted by Crippen LogP contribution is -2.48. The second kappa shape index (κ2) is 4.62. The smallest absolute Gasteiger partial charge is 0.374 e. The van der Waals surface area contributed by atoms with E-state index in [-0.39, 0.29) is 29.3 Å². The number of aromatic nitrogens is 1. The van der Waals surface area contributed by atoms with Gasteiger partial charge in [-0.2, -0.15) is 0 Å². The fraction of sp³-hybridized carbons (Fsp3) is 0.500. The fourth-order valence-corrected chi connectivity index (χ4v) is 2.83. The van der Waals surface area contributed by atoms with Gasteiger partial charge in [0, 0.05) is 19.2 Å². The molecule has 0 bridgehead atoms. The maximum Gasteiger partial charge on any atom is 0.374 e. The van der Waals surface area contributed by atoms with Crippen LogP contribution >= 0.6 is 0 Å². The molecule has 2 atom stereocenters. The van der Waals surface area contributed by atoms with Crippen LogP contribution in [0.3, 0.4) is 0 Å². The Kier molecular flexibility index (Phi) is 2.92. The zero-order chi connectivity index (χ0) is 14.3. The van der Waals surface area contributed by atoms with Crippen LogP contribution in [0.15, 0.2) is 10.6 Å². The standard InChI is InChI=1S/C12H13N3O5/c16-10-6-2-1-3-15(8(6)5-13-10)11(17)7-4-9(12(18)19)20-14-7/h4,6,8H,1-3,5H2,(H,13,16)(H,18,19). The van der Waals surface area contributed by atoms with Crippen molar-refractivity contribution in [3.63, 3.8) is 0 Å². The van der Waals surface area contributed by atoms with Crippen LogP contribution in [0.25, 0.3) is 0 Å². The van der Waals surface area contributed by atoms with Gasteiger partial charge in [-0.15, -0.1) is 0 Å². The second-order valence-corrected chi connectivity index (χ2v) is 4.94. The number of likely N-dealkylation sites (tertiary alicyclic amines) is 1. The van der Waals surface area contributed by atoms with Gasteiger partial charge in [0.25, 0.3) is 5.91 Å². The second-order valence-electron chi connectivity index (χ2n) is 4.94. The highest BCUT2D eigenvalue weighted by Crippen LogP contribution is 2.28. The van der Waals surface area contributed by atoms with Gasteiger partial charge >= 0.3 is 5.97 Å². The van der Waals surface area contributed by atoms with Gasteiger partial charge in [0.2, 0.25) is 11.7 Å². The highest BCUT2D eigenvalue weighted by Gasteiger charge is 2.43. The summed E-state index contributed by atoms with van der Waals surface area (Å²) in [6.45, 7) is 0.961. The zero-order valence-electron chi connectivity index (χ0n) is 10.5. The maximum atomic E-state index is 12.4. The van der Waals surface area contributed by atoms with Crippen molar-refractivity contribution in [2.45, 2.75) is 18.9 Å². The molecule has 0 aliphatic carbocycles. The number of carboxylic acids is 1. The molecule has 2 aliphatic heterocycles. The van der Waals surface area contributed by atoms with Gasteiger partial charge in [0.05, 0.1) is 12.0 Å². The lowest BCUT2D eigenvalue weighted by molar-refractivity contribution is -0.123. The number of nitrogens with zero attached hydrogens (tertiary/aromatic N) is 2. The molecule has 8 heteroatoms. The van der Waals surface area contributed by atoms with Gasteiger partial charge in [-0.3, -0.25) is 9.59 Å². The molecule has 3 heterocycles. The van der Waals surface area contributed by atoms with Crippen molar-refractivity contribution >= 4 is 17.8 Å². The van der Waals surface area contributed by atoms with Gasteiger partial charge in [-0.1, -0.05) is 5.16 Å². The topological polar surface area (TPSA) is 113 Å². The summed E-state index contributed by atoms with van der Waals surface area (Å²) in [4.78, 5) is 36.3. The number of carbonyl (C=O) groups is 3. The third kappa shape index (κ3) is 1.93. The van der Waals surface area contributed by atoms with Gasteiger partial charge in [-0.05, 0) is 12.8 Å². The van der Waals surface area contributed by atoms with Gasteiger partial charge in [0.15, 0.2) is 5.69 Å². The highest BCUT2D eigenvalue weighted by molar-refractivity contribution is 5.96. The Morgan fingerprint density at radius 2 is 2.30 bits per heavy atom. The minimum Gasteiger partial charge on any atom is -0.475 e. The molecule has 8 nitrogen and oxygen atoms in total. The Labute approximate surface area is 113 Å². The summed E-state index contributed by atoms with van der Waals surface area (Å²) in [6.07, 6.45) is 1.50. The third-order valence-electron chi connectivity index (χ3n) is 3.80. The summed E-state index contributed by atoms with van der Waals surface area (Å²) >= 11 is 0. The molecule has 3 rings (SSSR count). The lowest BCUT2D eigenvalue weighted by Gasteiger charge is -2.35. The van der Waals surface area contributed by atoms with E-state index in [1.165, 1.54) is 0 Å². The first-order valence-electron chi connectivity index (χ1n) is 6.36. The van der Waals surface area contributed by atoms with Crippen LogP contribution in [-0.4, -0.2) is 52.1 Å². The van der Waals surface area contributed by atoms with Crippen molar-refractivity contribution in [2.75, 3.05) is 13.1 Å². The number of fused-ring (bicyclic) bond motifs is 1. The summed E-state index contributed by atoms with van der Waals surface area (Å²) < 4.78 is 4.59. The van der Waals surface area contributed by atoms with Crippen molar-refractivity contribution in [1.29, 1.82) is 0 Å². The zero-order valence-corrected chi connectivity index (χ0v) is 10.5. The van der Waals surface area contributed by atoms with Crippen molar-refractivity contribution in [2.24, 2.45) is 5.92 Å². The number of aromatic carboxylic acids is 1. The summed E-state index contributed by atoms with van der Waals surface area (Å²) in [5.74, 6) is -2.25. The molecule has 0 spiro atoms. The molecular weight excluding hydrogens is 266 g/mol. The minimum absolute atomic E-state index is 0.0288. The molecule has 20 heavy (non-hydrogen) atoms. The van der Waals surface area contributed by atoms with Crippen molar-refractivity contribution in [1.82, 2.24) is 15.4 Å². The first-order valence-corrected chi connectivity index (χ1v) is 6.36. The Hall–Kier alpha value is -2.38. The van der Waals surface area contributed by atoms with Gasteiger partial charge in [0.1, 0.15) is 0 Å². The fourth-order valence-electron chi connectivity index (χ4n) is 2.83. The number of rotatable bonds is 2. The summed E-state index contributed by atoms with van der Waals surface area (Å²) in [7, 11) is 0. The number of nitrogens with one attached hydrogen (secondary N) is 1. The summed E-state index contributed by atoms with van der Waals surface area (Å²) in [5.41, 5.74) is -0.0394.